The van der Waals surface area contributed by atoms with E-state index >= 15 is 0 Å². The van der Waals surface area contributed by atoms with Crippen LogP contribution in [0.25, 0.3) is 11.1 Å². The van der Waals surface area contributed by atoms with Crippen LogP contribution >= 0.6 is 0 Å². The largest absolute Gasteiger partial charge is 0.452 e. The zero-order chi connectivity index (χ0) is 19.6. The van der Waals surface area contributed by atoms with Gasteiger partial charge in [0, 0.05) is 11.1 Å². The highest BCUT2D eigenvalue weighted by Crippen LogP contribution is 2.45. The molecule has 0 heterocycles. The Morgan fingerprint density at radius 2 is 1.00 bits per heavy atom. The monoisotopic (exact) mass is 376 g/mol. The summed E-state index contributed by atoms with van der Waals surface area (Å²) >= 11 is 0. The molecule has 0 saturated carbocycles. The molecule has 5 rings (SSSR count). The van der Waals surface area contributed by atoms with Gasteiger partial charge in [0.25, 0.3) is 0 Å². The summed E-state index contributed by atoms with van der Waals surface area (Å²) in [6, 6.07) is 36.0. The Bertz CT molecular complexity index is 1060. The molecule has 0 N–H and O–H groups in total. The van der Waals surface area contributed by atoms with Crippen molar-refractivity contribution in [2.24, 2.45) is 0 Å². The number of rotatable bonds is 4. The first-order valence-corrected chi connectivity index (χ1v) is 9.81. The molecule has 2 nitrogen and oxygen atoms in total. The Hall–Kier alpha value is -3.65. The van der Waals surface area contributed by atoms with Crippen LogP contribution in [-0.4, -0.2) is 5.97 Å². The minimum atomic E-state index is -0.461. The topological polar surface area (TPSA) is 26.3 Å². The normalized spacial score (nSPS) is 12.4. The van der Waals surface area contributed by atoms with Gasteiger partial charge in [-0.3, -0.25) is 4.79 Å². The van der Waals surface area contributed by atoms with Gasteiger partial charge < -0.3 is 4.74 Å². The fraction of sp³-hybridized carbons (Fsp3) is 0.0741. The predicted octanol–water partition coefficient (Wildman–Crippen LogP) is 6.13. The van der Waals surface area contributed by atoms with Crippen LogP contribution in [0.3, 0.4) is 0 Å². The number of fused-ring (bicyclic) bond motifs is 3. The lowest BCUT2D eigenvalue weighted by atomic mass is 9.91. The standard InChI is InChI=1S/C27H20O2/c28-27(25(19-11-3-1-4-12-19)20-13-5-2-6-14-20)29-26-23-17-9-7-15-21(23)22-16-8-10-18-24(22)26/h1-18,25-26H. The number of esters is 1. The average molecular weight is 376 g/mol. The smallest absolute Gasteiger partial charge is 0.318 e. The van der Waals surface area contributed by atoms with Crippen LogP contribution in [0.2, 0.25) is 0 Å². The van der Waals surface area contributed by atoms with Crippen LogP contribution < -0.4 is 0 Å². The molecule has 2 heteroatoms. The minimum absolute atomic E-state index is 0.237. The maximum absolute atomic E-state index is 13.5. The molecule has 0 bridgehead atoms. The van der Waals surface area contributed by atoms with Gasteiger partial charge >= 0.3 is 5.97 Å². The summed E-state index contributed by atoms with van der Waals surface area (Å²) in [5.74, 6) is -0.698. The second-order valence-corrected chi connectivity index (χ2v) is 7.25. The molecule has 4 aromatic rings. The Morgan fingerprint density at radius 3 is 1.48 bits per heavy atom. The molecule has 0 saturated heterocycles. The molecule has 0 spiro atoms. The van der Waals surface area contributed by atoms with Crippen molar-refractivity contribution in [3.8, 4) is 11.1 Å². The lowest BCUT2D eigenvalue weighted by Gasteiger charge is -2.21. The van der Waals surface area contributed by atoms with E-state index in [-0.39, 0.29) is 12.1 Å². The number of carbonyl (C=O) groups is 1. The summed E-state index contributed by atoms with van der Waals surface area (Å²) in [5.41, 5.74) is 6.23. The van der Waals surface area contributed by atoms with Gasteiger partial charge in [0.15, 0.2) is 6.10 Å². The van der Waals surface area contributed by atoms with Crippen LogP contribution in [0.5, 0.6) is 0 Å². The van der Waals surface area contributed by atoms with E-state index in [1.807, 2.05) is 97.1 Å². The molecular weight excluding hydrogens is 356 g/mol. The highest BCUT2D eigenvalue weighted by Gasteiger charge is 2.34. The van der Waals surface area contributed by atoms with Crippen molar-refractivity contribution in [2.75, 3.05) is 0 Å². The summed E-state index contributed by atoms with van der Waals surface area (Å²) in [6.45, 7) is 0. The van der Waals surface area contributed by atoms with E-state index in [2.05, 4.69) is 12.1 Å². The molecular formula is C27H20O2. The highest BCUT2D eigenvalue weighted by atomic mass is 16.5. The molecule has 0 aromatic heterocycles. The zero-order valence-electron chi connectivity index (χ0n) is 15.9. The third kappa shape index (κ3) is 3.13. The lowest BCUT2D eigenvalue weighted by Crippen LogP contribution is -2.20. The third-order valence-corrected chi connectivity index (χ3v) is 5.51. The second-order valence-electron chi connectivity index (χ2n) is 7.25. The lowest BCUT2D eigenvalue weighted by molar-refractivity contribution is -0.148. The zero-order valence-corrected chi connectivity index (χ0v) is 15.9. The molecule has 140 valence electrons. The summed E-state index contributed by atoms with van der Waals surface area (Å²) < 4.78 is 6.20. The fourth-order valence-corrected chi connectivity index (χ4v) is 4.18. The average Bonchev–Trinajstić information content (AvgIpc) is 3.09. The third-order valence-electron chi connectivity index (χ3n) is 5.51. The van der Waals surface area contributed by atoms with Gasteiger partial charge in [-0.2, -0.15) is 0 Å². The van der Waals surface area contributed by atoms with Crippen LogP contribution in [0.15, 0.2) is 109 Å². The predicted molar refractivity (Wildman–Crippen MR) is 115 cm³/mol. The van der Waals surface area contributed by atoms with Gasteiger partial charge in [-0.15, -0.1) is 0 Å². The van der Waals surface area contributed by atoms with Gasteiger partial charge in [0.2, 0.25) is 0 Å². The van der Waals surface area contributed by atoms with E-state index in [9.17, 15) is 4.79 Å². The second kappa shape index (κ2) is 7.40. The fourth-order valence-electron chi connectivity index (χ4n) is 4.18. The highest BCUT2D eigenvalue weighted by molar-refractivity contribution is 5.85. The summed E-state index contributed by atoms with van der Waals surface area (Å²) in [6.07, 6.45) is -0.384. The van der Waals surface area contributed by atoms with Crippen molar-refractivity contribution < 1.29 is 9.53 Å². The molecule has 0 fully saturated rings. The maximum atomic E-state index is 13.5. The Balaban J connectivity index is 1.55. The van der Waals surface area contributed by atoms with Crippen LogP contribution in [-0.2, 0) is 9.53 Å². The molecule has 1 aliphatic carbocycles. The Morgan fingerprint density at radius 1 is 0.586 bits per heavy atom. The van der Waals surface area contributed by atoms with Crippen molar-refractivity contribution in [1.29, 1.82) is 0 Å². The molecule has 29 heavy (non-hydrogen) atoms. The van der Waals surface area contributed by atoms with Gasteiger partial charge in [0.05, 0.1) is 0 Å². The summed E-state index contributed by atoms with van der Waals surface area (Å²) in [5, 5.41) is 0. The first-order valence-electron chi connectivity index (χ1n) is 9.81. The van der Waals surface area contributed by atoms with E-state index in [0.717, 1.165) is 33.4 Å². The van der Waals surface area contributed by atoms with E-state index in [4.69, 9.17) is 4.74 Å². The molecule has 0 unspecified atom stereocenters. The van der Waals surface area contributed by atoms with E-state index in [0.29, 0.717) is 0 Å². The molecule has 4 aromatic carbocycles. The number of ether oxygens (including phenoxy) is 1. The number of hydrogen-bond donors (Lipinski definition) is 0. The molecule has 0 aliphatic heterocycles. The van der Waals surface area contributed by atoms with Crippen molar-refractivity contribution in [3.63, 3.8) is 0 Å². The summed E-state index contributed by atoms with van der Waals surface area (Å²) in [7, 11) is 0. The minimum Gasteiger partial charge on any atom is -0.452 e. The SMILES string of the molecule is O=C(OC1c2ccccc2-c2ccccc21)C(c1ccccc1)c1ccccc1. The number of hydrogen-bond acceptors (Lipinski definition) is 2. The number of benzene rings is 4. The molecule has 1 aliphatic rings. The van der Waals surface area contributed by atoms with E-state index in [1.54, 1.807) is 0 Å². The van der Waals surface area contributed by atoms with Crippen LogP contribution in [0.4, 0.5) is 0 Å². The quantitative estimate of drug-likeness (QED) is 0.400. The molecule has 0 radical (unpaired) electrons. The van der Waals surface area contributed by atoms with Crippen molar-refractivity contribution >= 4 is 5.97 Å². The first kappa shape index (κ1) is 17.4. The molecule has 0 amide bonds. The van der Waals surface area contributed by atoms with Crippen LogP contribution in [0, 0.1) is 0 Å². The molecule has 0 atom stereocenters. The van der Waals surface area contributed by atoms with Crippen molar-refractivity contribution in [3.05, 3.63) is 131 Å². The Kier molecular flexibility index (Phi) is 4.45. The van der Waals surface area contributed by atoms with Crippen molar-refractivity contribution in [1.82, 2.24) is 0 Å². The van der Waals surface area contributed by atoms with Crippen molar-refractivity contribution in [2.45, 2.75) is 12.0 Å². The van der Waals surface area contributed by atoms with Gasteiger partial charge in [0.1, 0.15) is 5.92 Å². The van der Waals surface area contributed by atoms with E-state index in [1.165, 1.54) is 0 Å². The van der Waals surface area contributed by atoms with Crippen LogP contribution in [0.1, 0.15) is 34.3 Å². The maximum Gasteiger partial charge on any atom is 0.318 e. The van der Waals surface area contributed by atoms with E-state index < -0.39 is 5.92 Å². The van der Waals surface area contributed by atoms with Gasteiger partial charge in [-0.25, -0.2) is 0 Å². The first-order chi connectivity index (χ1) is 14.3. The Labute approximate surface area is 170 Å². The van der Waals surface area contributed by atoms with Gasteiger partial charge in [-0.1, -0.05) is 109 Å². The van der Waals surface area contributed by atoms with Gasteiger partial charge in [-0.05, 0) is 22.3 Å². The number of carbonyl (C=O) groups excluding carboxylic acids is 1. The summed E-state index contributed by atoms with van der Waals surface area (Å²) in [4.78, 5) is 13.5.